The first-order valence-electron chi connectivity index (χ1n) is 6.13. The third kappa shape index (κ3) is 2.97. The molecule has 3 N–H and O–H groups in total. The number of hydrogen-bond donors (Lipinski definition) is 2. The second kappa shape index (κ2) is 5.58. The molecule has 0 atom stereocenters. The van der Waals surface area contributed by atoms with Crippen LogP contribution < -0.4 is 10.5 Å². The summed E-state index contributed by atoms with van der Waals surface area (Å²) in [6.07, 6.45) is 1.50. The summed E-state index contributed by atoms with van der Waals surface area (Å²) in [7, 11) is 0. The minimum absolute atomic E-state index is 0.0316. The SMILES string of the molecule is Cc1cc(C)c([N+](=O)[O-])cc1Oc1ncccc1C(=N)N. The van der Waals surface area contributed by atoms with Gasteiger partial charge in [0.1, 0.15) is 11.6 Å². The number of nitro groups is 1. The third-order valence-corrected chi connectivity index (χ3v) is 2.96. The van der Waals surface area contributed by atoms with Crippen LogP contribution in [0.25, 0.3) is 0 Å². The smallest absolute Gasteiger partial charge is 0.276 e. The van der Waals surface area contributed by atoms with Gasteiger partial charge in [0.2, 0.25) is 5.88 Å². The molecule has 0 aliphatic heterocycles. The Morgan fingerprint density at radius 3 is 2.71 bits per heavy atom. The van der Waals surface area contributed by atoms with E-state index in [1.807, 2.05) is 0 Å². The van der Waals surface area contributed by atoms with Gasteiger partial charge in [-0.1, -0.05) is 0 Å². The number of benzene rings is 1. The van der Waals surface area contributed by atoms with Gasteiger partial charge < -0.3 is 10.5 Å². The zero-order valence-electron chi connectivity index (χ0n) is 11.6. The largest absolute Gasteiger partial charge is 0.438 e. The summed E-state index contributed by atoms with van der Waals surface area (Å²) in [5.41, 5.74) is 7.05. The van der Waals surface area contributed by atoms with Crippen molar-refractivity contribution in [3.8, 4) is 11.6 Å². The molecule has 7 heteroatoms. The fourth-order valence-corrected chi connectivity index (χ4v) is 1.91. The molecule has 0 spiro atoms. The van der Waals surface area contributed by atoms with Gasteiger partial charge in [-0.3, -0.25) is 15.5 Å². The number of rotatable bonds is 4. The maximum atomic E-state index is 11.0. The number of ether oxygens (including phenoxy) is 1. The third-order valence-electron chi connectivity index (χ3n) is 2.96. The predicted octanol–water partition coefficient (Wildman–Crippen LogP) is 2.68. The van der Waals surface area contributed by atoms with Crippen molar-refractivity contribution < 1.29 is 9.66 Å². The minimum atomic E-state index is -0.466. The van der Waals surface area contributed by atoms with Crippen LogP contribution in [0.5, 0.6) is 11.6 Å². The quantitative estimate of drug-likeness (QED) is 0.388. The summed E-state index contributed by atoms with van der Waals surface area (Å²) >= 11 is 0. The molecule has 1 aromatic heterocycles. The molecule has 0 saturated carbocycles. The Morgan fingerprint density at radius 2 is 2.10 bits per heavy atom. The Bertz CT molecular complexity index is 728. The molecule has 1 heterocycles. The zero-order valence-corrected chi connectivity index (χ0v) is 11.6. The summed E-state index contributed by atoms with van der Waals surface area (Å²) in [5, 5.41) is 18.5. The number of amidine groups is 1. The number of nitrogen functional groups attached to an aromatic ring is 1. The predicted molar refractivity (Wildman–Crippen MR) is 77.9 cm³/mol. The number of pyridine rings is 1. The highest BCUT2D eigenvalue weighted by atomic mass is 16.6. The molecule has 0 unspecified atom stereocenters. The van der Waals surface area contributed by atoms with Gasteiger partial charge in [0.15, 0.2) is 0 Å². The van der Waals surface area contributed by atoms with Crippen molar-refractivity contribution in [2.75, 3.05) is 0 Å². The number of aryl methyl sites for hydroxylation is 2. The molecular formula is C14H14N4O3. The molecule has 1 aromatic carbocycles. The van der Waals surface area contributed by atoms with Gasteiger partial charge in [0.05, 0.1) is 16.6 Å². The van der Waals surface area contributed by atoms with Crippen LogP contribution in [0.3, 0.4) is 0 Å². The fraction of sp³-hybridized carbons (Fsp3) is 0.143. The summed E-state index contributed by atoms with van der Waals surface area (Å²) < 4.78 is 5.61. The Labute approximate surface area is 121 Å². The number of nitrogens with zero attached hydrogens (tertiary/aromatic N) is 2. The molecule has 2 aromatic rings. The Hall–Kier alpha value is -2.96. The van der Waals surface area contributed by atoms with E-state index >= 15 is 0 Å². The van der Waals surface area contributed by atoms with Crippen molar-refractivity contribution in [1.82, 2.24) is 4.98 Å². The van der Waals surface area contributed by atoms with Gasteiger partial charge in [-0.05, 0) is 37.6 Å². The van der Waals surface area contributed by atoms with Crippen molar-refractivity contribution >= 4 is 11.5 Å². The first kappa shape index (κ1) is 14.4. The van der Waals surface area contributed by atoms with Crippen LogP contribution in [0.4, 0.5) is 5.69 Å². The van der Waals surface area contributed by atoms with Gasteiger partial charge in [-0.25, -0.2) is 4.98 Å². The second-order valence-electron chi connectivity index (χ2n) is 4.53. The maximum Gasteiger partial charge on any atom is 0.276 e. The minimum Gasteiger partial charge on any atom is -0.438 e. The second-order valence-corrected chi connectivity index (χ2v) is 4.53. The van der Waals surface area contributed by atoms with E-state index in [0.29, 0.717) is 16.9 Å². The van der Waals surface area contributed by atoms with Crippen LogP contribution in [0.1, 0.15) is 16.7 Å². The van der Waals surface area contributed by atoms with Crippen molar-refractivity contribution in [3.63, 3.8) is 0 Å². The van der Waals surface area contributed by atoms with E-state index in [2.05, 4.69) is 4.98 Å². The molecule has 21 heavy (non-hydrogen) atoms. The molecule has 0 aliphatic carbocycles. The highest BCUT2D eigenvalue weighted by Gasteiger charge is 2.16. The zero-order chi connectivity index (χ0) is 15.6. The van der Waals surface area contributed by atoms with Gasteiger partial charge in [0.25, 0.3) is 5.69 Å². The molecule has 0 aliphatic rings. The Balaban J connectivity index is 2.47. The van der Waals surface area contributed by atoms with Crippen molar-refractivity contribution in [2.24, 2.45) is 5.73 Å². The summed E-state index contributed by atoms with van der Waals surface area (Å²) in [4.78, 5) is 14.5. The molecule has 7 nitrogen and oxygen atoms in total. The monoisotopic (exact) mass is 286 g/mol. The molecule has 2 rings (SSSR count). The van der Waals surface area contributed by atoms with E-state index in [4.69, 9.17) is 15.9 Å². The number of nitro benzene ring substituents is 1. The van der Waals surface area contributed by atoms with Gasteiger partial charge in [-0.15, -0.1) is 0 Å². The van der Waals surface area contributed by atoms with Crippen LogP contribution >= 0.6 is 0 Å². The summed E-state index contributed by atoms with van der Waals surface area (Å²) in [6, 6.07) is 6.25. The molecule has 0 saturated heterocycles. The number of nitrogens with one attached hydrogen (secondary N) is 1. The van der Waals surface area contributed by atoms with Crippen LogP contribution in [0.15, 0.2) is 30.5 Å². The van der Waals surface area contributed by atoms with Crippen molar-refractivity contribution in [1.29, 1.82) is 5.41 Å². The average Bonchev–Trinajstić information content (AvgIpc) is 2.41. The normalized spacial score (nSPS) is 10.2. The van der Waals surface area contributed by atoms with E-state index in [1.165, 1.54) is 12.3 Å². The van der Waals surface area contributed by atoms with Gasteiger partial charge in [-0.2, -0.15) is 0 Å². The van der Waals surface area contributed by atoms with Gasteiger partial charge in [0, 0.05) is 11.8 Å². The number of aromatic nitrogens is 1. The first-order valence-corrected chi connectivity index (χ1v) is 6.13. The molecule has 108 valence electrons. The molecule has 0 bridgehead atoms. The molecule has 0 radical (unpaired) electrons. The Kier molecular flexibility index (Phi) is 3.84. The fourth-order valence-electron chi connectivity index (χ4n) is 1.91. The Morgan fingerprint density at radius 1 is 1.38 bits per heavy atom. The lowest BCUT2D eigenvalue weighted by molar-refractivity contribution is -0.385. The summed E-state index contributed by atoms with van der Waals surface area (Å²) in [6.45, 7) is 3.44. The summed E-state index contributed by atoms with van der Waals surface area (Å²) in [5.74, 6) is 0.275. The van der Waals surface area contributed by atoms with E-state index in [0.717, 1.165) is 5.56 Å². The highest BCUT2D eigenvalue weighted by molar-refractivity contribution is 5.97. The van der Waals surface area contributed by atoms with Crippen molar-refractivity contribution in [3.05, 3.63) is 57.3 Å². The van der Waals surface area contributed by atoms with E-state index < -0.39 is 4.92 Å². The number of nitrogens with two attached hydrogens (primary N) is 1. The molecule has 0 fully saturated rings. The van der Waals surface area contributed by atoms with Crippen LogP contribution in [0, 0.1) is 29.4 Å². The molecule has 0 amide bonds. The lowest BCUT2D eigenvalue weighted by Crippen LogP contribution is -2.13. The first-order chi connectivity index (χ1) is 9.90. The lowest BCUT2D eigenvalue weighted by atomic mass is 10.1. The molecular weight excluding hydrogens is 272 g/mol. The van der Waals surface area contributed by atoms with Crippen LogP contribution in [0.2, 0.25) is 0 Å². The van der Waals surface area contributed by atoms with E-state index in [1.54, 1.807) is 32.0 Å². The average molecular weight is 286 g/mol. The van der Waals surface area contributed by atoms with E-state index in [-0.39, 0.29) is 17.4 Å². The highest BCUT2D eigenvalue weighted by Crippen LogP contribution is 2.31. The van der Waals surface area contributed by atoms with Gasteiger partial charge >= 0.3 is 0 Å². The van der Waals surface area contributed by atoms with Crippen molar-refractivity contribution in [2.45, 2.75) is 13.8 Å². The number of hydrogen-bond acceptors (Lipinski definition) is 5. The van der Waals surface area contributed by atoms with Crippen LogP contribution in [-0.4, -0.2) is 15.7 Å². The van der Waals surface area contributed by atoms with Crippen LogP contribution in [-0.2, 0) is 0 Å². The topological polar surface area (TPSA) is 115 Å². The lowest BCUT2D eigenvalue weighted by Gasteiger charge is -2.11. The standard InChI is InChI=1S/C14H14N4O3/c1-8-6-9(2)12(7-11(8)18(19)20)21-14-10(13(15)16)4-3-5-17-14/h3-7H,1-2H3,(H3,15,16). The maximum absolute atomic E-state index is 11.0. The van der Waals surface area contributed by atoms with E-state index in [9.17, 15) is 10.1 Å².